The fourth-order valence-corrected chi connectivity index (χ4v) is 4.27. The number of aryl methyl sites for hydroxylation is 1. The summed E-state index contributed by atoms with van der Waals surface area (Å²) in [6.07, 6.45) is 3.92. The van der Waals surface area contributed by atoms with Gasteiger partial charge in [0.2, 0.25) is 0 Å². The van der Waals surface area contributed by atoms with Gasteiger partial charge in [-0.15, -0.1) is 0 Å². The molecule has 4 rings (SSSR count). The zero-order valence-electron chi connectivity index (χ0n) is 16.8. The van der Waals surface area contributed by atoms with Crippen molar-refractivity contribution in [3.8, 4) is 0 Å². The monoisotopic (exact) mass is 397 g/mol. The first-order valence-corrected chi connectivity index (χ1v) is 10.2. The summed E-state index contributed by atoms with van der Waals surface area (Å²) in [6, 6.07) is 7.60. The summed E-state index contributed by atoms with van der Waals surface area (Å²) in [4.78, 5) is 30.2. The maximum Gasteiger partial charge on any atom is 0.356 e. The maximum absolute atomic E-state index is 12.6. The van der Waals surface area contributed by atoms with E-state index in [0.29, 0.717) is 13.1 Å². The molecule has 1 aromatic carbocycles. The molecule has 0 saturated carbocycles. The number of amides is 1. The predicted octanol–water partition coefficient (Wildman–Crippen LogP) is 2.28. The largest absolute Gasteiger partial charge is 0.476 e. The smallest absolute Gasteiger partial charge is 0.356 e. The van der Waals surface area contributed by atoms with Crippen molar-refractivity contribution in [2.75, 3.05) is 44.2 Å². The maximum atomic E-state index is 12.6. The van der Waals surface area contributed by atoms with Crippen LogP contribution in [-0.2, 0) is 6.54 Å². The van der Waals surface area contributed by atoms with E-state index in [1.165, 1.54) is 41.9 Å². The lowest BCUT2D eigenvalue weighted by molar-refractivity contribution is 0.0689. The minimum absolute atomic E-state index is 0.120. The average molecular weight is 397 g/mol. The van der Waals surface area contributed by atoms with E-state index in [9.17, 15) is 9.59 Å². The number of rotatable bonds is 4. The Labute approximate surface area is 170 Å². The number of carbonyl (C=O) groups excluding carboxylic acids is 1. The van der Waals surface area contributed by atoms with E-state index in [2.05, 4.69) is 40.0 Å². The molecule has 0 unspecified atom stereocenters. The Morgan fingerprint density at radius 1 is 1.03 bits per heavy atom. The molecule has 1 aromatic heterocycles. The molecule has 0 radical (unpaired) electrons. The molecule has 154 valence electrons. The van der Waals surface area contributed by atoms with E-state index in [4.69, 9.17) is 5.11 Å². The number of para-hydroxylation sites is 1. The third-order valence-corrected chi connectivity index (χ3v) is 5.78. The molecule has 2 aromatic rings. The number of hydrogen-bond donors (Lipinski definition) is 1. The normalized spacial score (nSPS) is 17.7. The quantitative estimate of drug-likeness (QED) is 0.852. The molecule has 0 atom stereocenters. The zero-order chi connectivity index (χ0) is 20.4. The second-order valence-corrected chi connectivity index (χ2v) is 7.77. The van der Waals surface area contributed by atoms with Gasteiger partial charge < -0.3 is 14.9 Å². The summed E-state index contributed by atoms with van der Waals surface area (Å²) < 4.78 is 1.12. The molecule has 2 aliphatic rings. The van der Waals surface area contributed by atoms with Crippen LogP contribution in [0.25, 0.3) is 0 Å². The van der Waals surface area contributed by atoms with Gasteiger partial charge in [-0.1, -0.05) is 18.2 Å². The number of aromatic nitrogens is 2. The van der Waals surface area contributed by atoms with E-state index in [0.717, 1.165) is 37.4 Å². The lowest BCUT2D eigenvalue weighted by Gasteiger charge is -2.35. The molecule has 0 spiro atoms. The van der Waals surface area contributed by atoms with Crippen molar-refractivity contribution in [3.63, 3.8) is 0 Å². The van der Waals surface area contributed by atoms with Gasteiger partial charge in [0.25, 0.3) is 0 Å². The molecule has 1 N–H and O–H groups in total. The number of anilines is 1. The number of aromatic carboxylic acids is 1. The molecule has 1 amide bonds. The van der Waals surface area contributed by atoms with Crippen LogP contribution in [0.3, 0.4) is 0 Å². The Balaban J connectivity index is 1.38. The fraction of sp³-hybridized carbons (Fsp3) is 0.476. The van der Waals surface area contributed by atoms with Crippen LogP contribution in [0.15, 0.2) is 30.5 Å². The first-order chi connectivity index (χ1) is 14.0. The lowest BCUT2D eigenvalue weighted by Crippen LogP contribution is -2.49. The van der Waals surface area contributed by atoms with Crippen molar-refractivity contribution in [1.29, 1.82) is 0 Å². The first kappa shape index (κ1) is 19.4. The summed E-state index contributed by atoms with van der Waals surface area (Å²) >= 11 is 0. The summed E-state index contributed by atoms with van der Waals surface area (Å²) in [5.41, 5.74) is 3.93. The van der Waals surface area contributed by atoms with Crippen molar-refractivity contribution < 1.29 is 14.7 Å². The Morgan fingerprint density at radius 3 is 2.41 bits per heavy atom. The minimum atomic E-state index is -1.13. The molecular weight excluding hydrogens is 370 g/mol. The summed E-state index contributed by atoms with van der Waals surface area (Å²) in [5.74, 6) is -1.13. The predicted molar refractivity (Wildman–Crippen MR) is 109 cm³/mol. The fourth-order valence-electron chi connectivity index (χ4n) is 4.27. The number of nitrogens with zero attached hydrogens (tertiary/aromatic N) is 5. The molecule has 0 bridgehead atoms. The van der Waals surface area contributed by atoms with Crippen LogP contribution >= 0.6 is 0 Å². The summed E-state index contributed by atoms with van der Waals surface area (Å²) in [5, 5.41) is 12.8. The van der Waals surface area contributed by atoms with Crippen LogP contribution in [0.5, 0.6) is 0 Å². The summed E-state index contributed by atoms with van der Waals surface area (Å²) in [7, 11) is 0. The van der Waals surface area contributed by atoms with Crippen LogP contribution in [0.2, 0.25) is 0 Å². The zero-order valence-corrected chi connectivity index (χ0v) is 16.8. The third-order valence-electron chi connectivity index (χ3n) is 5.78. The highest BCUT2D eigenvalue weighted by Gasteiger charge is 2.25. The number of carboxylic acid groups (broad SMARTS) is 1. The number of carbonyl (C=O) groups is 2. The third kappa shape index (κ3) is 4.12. The van der Waals surface area contributed by atoms with Crippen molar-refractivity contribution in [3.05, 3.63) is 47.3 Å². The van der Waals surface area contributed by atoms with Crippen LogP contribution in [-0.4, -0.2) is 76.0 Å². The topological polar surface area (TPSA) is 81.9 Å². The standard InChI is InChI=1S/C21H27N5O3/c1-16-5-4-6-17(19(16)24-8-2-3-9-24)15-23-11-13-25(14-12-23)21(29)26-10-7-18(22-26)20(27)28/h4-7,10H,2-3,8-9,11-15H2,1H3,(H,27,28). The minimum Gasteiger partial charge on any atom is -0.476 e. The molecule has 29 heavy (non-hydrogen) atoms. The van der Waals surface area contributed by atoms with Gasteiger partial charge >= 0.3 is 12.0 Å². The number of carboxylic acids is 1. The number of hydrogen-bond acceptors (Lipinski definition) is 5. The van der Waals surface area contributed by atoms with Crippen molar-refractivity contribution in [2.24, 2.45) is 0 Å². The lowest BCUT2D eigenvalue weighted by atomic mass is 10.1. The Bertz CT molecular complexity index is 895. The van der Waals surface area contributed by atoms with E-state index in [-0.39, 0.29) is 11.7 Å². The van der Waals surface area contributed by atoms with Gasteiger partial charge in [-0.25, -0.2) is 9.59 Å². The van der Waals surface area contributed by atoms with Crippen LogP contribution in [0, 0.1) is 6.92 Å². The highest BCUT2D eigenvalue weighted by molar-refractivity contribution is 5.86. The molecule has 2 aliphatic heterocycles. The van der Waals surface area contributed by atoms with Crippen LogP contribution in [0.1, 0.15) is 34.5 Å². The molecule has 3 heterocycles. The first-order valence-electron chi connectivity index (χ1n) is 10.2. The highest BCUT2D eigenvalue weighted by atomic mass is 16.4. The molecule has 8 nitrogen and oxygen atoms in total. The van der Waals surface area contributed by atoms with E-state index < -0.39 is 5.97 Å². The second kappa shape index (κ2) is 8.24. The van der Waals surface area contributed by atoms with Crippen molar-refractivity contribution in [2.45, 2.75) is 26.3 Å². The number of piperazine rings is 1. The highest BCUT2D eigenvalue weighted by Crippen LogP contribution is 2.29. The van der Waals surface area contributed by atoms with Crippen LogP contribution < -0.4 is 4.90 Å². The Hall–Kier alpha value is -2.87. The molecular formula is C21H27N5O3. The molecule has 2 fully saturated rings. The van der Waals surface area contributed by atoms with Crippen molar-refractivity contribution in [1.82, 2.24) is 19.6 Å². The van der Waals surface area contributed by atoms with Crippen LogP contribution in [0.4, 0.5) is 10.5 Å². The van der Waals surface area contributed by atoms with Gasteiger partial charge in [0.15, 0.2) is 5.69 Å². The molecule has 2 saturated heterocycles. The Morgan fingerprint density at radius 2 is 1.76 bits per heavy atom. The van der Waals surface area contributed by atoms with Gasteiger partial charge in [0.05, 0.1) is 0 Å². The molecule has 0 aliphatic carbocycles. The SMILES string of the molecule is Cc1cccc(CN2CCN(C(=O)n3ccc(C(=O)O)n3)CC2)c1N1CCCC1. The summed E-state index contributed by atoms with van der Waals surface area (Å²) in [6.45, 7) is 8.09. The van der Waals surface area contributed by atoms with E-state index >= 15 is 0 Å². The van der Waals surface area contributed by atoms with Gasteiger partial charge in [0, 0.05) is 57.7 Å². The van der Waals surface area contributed by atoms with E-state index in [1.807, 2.05) is 0 Å². The van der Waals surface area contributed by atoms with Gasteiger partial charge in [-0.2, -0.15) is 9.78 Å². The Kier molecular flexibility index (Phi) is 5.53. The molecule has 8 heteroatoms. The second-order valence-electron chi connectivity index (χ2n) is 7.77. The van der Waals surface area contributed by atoms with E-state index in [1.54, 1.807) is 4.90 Å². The average Bonchev–Trinajstić information content (AvgIpc) is 3.40. The number of benzene rings is 1. The van der Waals surface area contributed by atoms with Gasteiger partial charge in [-0.3, -0.25) is 4.90 Å². The van der Waals surface area contributed by atoms with Gasteiger partial charge in [0.1, 0.15) is 0 Å². The van der Waals surface area contributed by atoms with Gasteiger partial charge in [-0.05, 0) is 37.0 Å². The van der Waals surface area contributed by atoms with Crippen molar-refractivity contribution >= 4 is 17.7 Å².